The van der Waals surface area contributed by atoms with E-state index >= 15 is 0 Å². The third kappa shape index (κ3) is 2.38. The van der Waals surface area contributed by atoms with E-state index in [1.54, 1.807) is 0 Å². The van der Waals surface area contributed by atoms with Gasteiger partial charge in [0.2, 0.25) is 0 Å². The second kappa shape index (κ2) is 3.38. The summed E-state index contributed by atoms with van der Waals surface area (Å²) in [5.74, 6) is -0.620. The number of H-pyrrole nitrogens is 1. The number of hydrogen-bond acceptors (Lipinski definition) is 2. The fourth-order valence-corrected chi connectivity index (χ4v) is 0.926. The third-order valence-electron chi connectivity index (χ3n) is 1.27. The molecule has 0 aliphatic carbocycles. The molecular weight excluding hydrogens is 159 g/mol. The Kier molecular flexibility index (Phi) is 2.47. The highest BCUT2D eigenvalue weighted by atomic mass is 19.1. The molecule has 3 nitrogen and oxygen atoms in total. The number of rotatable bonds is 2. The number of anilines is 1. The van der Waals surface area contributed by atoms with Crippen LogP contribution in [0.4, 0.5) is 10.1 Å². The van der Waals surface area contributed by atoms with Gasteiger partial charge in [-0.3, -0.25) is 9.78 Å². The van der Waals surface area contributed by atoms with Gasteiger partial charge < -0.3 is 5.32 Å². The maximum atomic E-state index is 12.6. The van der Waals surface area contributed by atoms with Crippen molar-refractivity contribution < 1.29 is 4.39 Å². The van der Waals surface area contributed by atoms with E-state index in [0.717, 1.165) is 0 Å². The molecule has 0 saturated heterocycles. The van der Waals surface area contributed by atoms with Crippen LogP contribution in [0.2, 0.25) is 0 Å². The first-order valence-corrected chi connectivity index (χ1v) is 3.74. The minimum atomic E-state index is -0.620. The molecule has 0 saturated carbocycles. The van der Waals surface area contributed by atoms with Crippen molar-refractivity contribution in [3.8, 4) is 0 Å². The summed E-state index contributed by atoms with van der Waals surface area (Å²) in [5.41, 5.74) is 0.0735. The Bertz CT molecular complexity index is 319. The average Bonchev–Trinajstić information content (AvgIpc) is 1.81. The number of aromatic nitrogens is 1. The third-order valence-corrected chi connectivity index (χ3v) is 1.27. The molecule has 0 atom stereocenters. The van der Waals surface area contributed by atoms with Crippen molar-refractivity contribution in [1.82, 2.24) is 4.98 Å². The molecule has 0 spiro atoms. The normalized spacial score (nSPS) is 10.3. The Morgan fingerprint density at radius 3 is 2.67 bits per heavy atom. The molecule has 0 fully saturated rings. The van der Waals surface area contributed by atoms with Gasteiger partial charge in [0.1, 0.15) is 0 Å². The first kappa shape index (κ1) is 8.77. The standard InChI is InChI=1S/C8H11FN2O/c1-5(2)10-6-3-7(9)11-8(12)4-6/h3-5H,1-2H3,(H2,10,11,12). The van der Waals surface area contributed by atoms with Crippen LogP contribution in [-0.2, 0) is 0 Å². The van der Waals surface area contributed by atoms with E-state index < -0.39 is 11.5 Å². The summed E-state index contributed by atoms with van der Waals surface area (Å²) in [6.45, 7) is 3.83. The van der Waals surface area contributed by atoms with Crippen molar-refractivity contribution in [3.05, 3.63) is 28.4 Å². The van der Waals surface area contributed by atoms with Gasteiger partial charge in [0.15, 0.2) is 5.95 Å². The summed E-state index contributed by atoms with van der Waals surface area (Å²) in [6, 6.07) is 2.76. The molecule has 0 aliphatic rings. The molecule has 0 aromatic carbocycles. The molecule has 1 aromatic rings. The molecule has 4 heteroatoms. The van der Waals surface area contributed by atoms with Gasteiger partial charge in [0, 0.05) is 23.9 Å². The molecule has 1 rings (SSSR count). The van der Waals surface area contributed by atoms with Crippen molar-refractivity contribution in [2.75, 3.05) is 5.32 Å². The summed E-state index contributed by atoms with van der Waals surface area (Å²) in [4.78, 5) is 12.8. The molecule has 0 radical (unpaired) electrons. The van der Waals surface area contributed by atoms with Gasteiger partial charge in [-0.15, -0.1) is 0 Å². The van der Waals surface area contributed by atoms with Crippen molar-refractivity contribution in [2.45, 2.75) is 19.9 Å². The maximum Gasteiger partial charge on any atom is 0.252 e. The molecule has 66 valence electrons. The van der Waals surface area contributed by atoms with Crippen LogP contribution in [0.3, 0.4) is 0 Å². The van der Waals surface area contributed by atoms with Crippen LogP contribution in [0.25, 0.3) is 0 Å². The van der Waals surface area contributed by atoms with Crippen LogP contribution in [0.15, 0.2) is 16.9 Å². The molecule has 2 N–H and O–H groups in total. The predicted octanol–water partition coefficient (Wildman–Crippen LogP) is 1.33. The van der Waals surface area contributed by atoms with E-state index in [2.05, 4.69) is 5.32 Å². The van der Waals surface area contributed by atoms with Gasteiger partial charge in [-0.25, -0.2) is 0 Å². The van der Waals surface area contributed by atoms with E-state index in [1.807, 2.05) is 18.8 Å². The quantitative estimate of drug-likeness (QED) is 0.658. The second-order valence-electron chi connectivity index (χ2n) is 2.88. The van der Waals surface area contributed by atoms with Crippen LogP contribution in [-0.4, -0.2) is 11.0 Å². The number of hydrogen-bond donors (Lipinski definition) is 2. The number of halogens is 1. The Balaban J connectivity index is 2.93. The van der Waals surface area contributed by atoms with Crippen molar-refractivity contribution in [2.24, 2.45) is 0 Å². The van der Waals surface area contributed by atoms with E-state index in [9.17, 15) is 9.18 Å². The Hall–Kier alpha value is -1.32. The summed E-state index contributed by atoms with van der Waals surface area (Å²) >= 11 is 0. The molecule has 0 unspecified atom stereocenters. The van der Waals surface area contributed by atoms with E-state index in [4.69, 9.17) is 0 Å². The molecular formula is C8H11FN2O. The largest absolute Gasteiger partial charge is 0.383 e. The summed E-state index contributed by atoms with van der Waals surface area (Å²) in [7, 11) is 0. The number of pyridine rings is 1. The lowest BCUT2D eigenvalue weighted by atomic mass is 10.3. The zero-order valence-electron chi connectivity index (χ0n) is 7.02. The van der Waals surface area contributed by atoms with Gasteiger partial charge in [-0.1, -0.05) is 0 Å². The van der Waals surface area contributed by atoms with Crippen LogP contribution in [0.5, 0.6) is 0 Å². The molecule has 0 bridgehead atoms. The second-order valence-corrected chi connectivity index (χ2v) is 2.88. The highest BCUT2D eigenvalue weighted by Gasteiger charge is 1.98. The fraction of sp³-hybridized carbons (Fsp3) is 0.375. The smallest absolute Gasteiger partial charge is 0.252 e. The van der Waals surface area contributed by atoms with Crippen molar-refractivity contribution >= 4 is 5.69 Å². The van der Waals surface area contributed by atoms with Crippen molar-refractivity contribution in [1.29, 1.82) is 0 Å². The first-order valence-electron chi connectivity index (χ1n) is 3.74. The summed E-state index contributed by atoms with van der Waals surface area (Å²) in [5, 5.41) is 2.93. The minimum absolute atomic E-state index is 0.186. The number of nitrogens with one attached hydrogen (secondary N) is 2. The monoisotopic (exact) mass is 170 g/mol. The SMILES string of the molecule is CC(C)Nc1cc(F)[nH]c(=O)c1. The van der Waals surface area contributed by atoms with Crippen LogP contribution >= 0.6 is 0 Å². The van der Waals surface area contributed by atoms with E-state index in [0.29, 0.717) is 5.69 Å². The lowest BCUT2D eigenvalue weighted by molar-refractivity contribution is 0.580. The van der Waals surface area contributed by atoms with E-state index in [1.165, 1.54) is 12.1 Å². The molecule has 1 aromatic heterocycles. The van der Waals surface area contributed by atoms with Crippen LogP contribution in [0, 0.1) is 5.95 Å². The van der Waals surface area contributed by atoms with Crippen LogP contribution in [0.1, 0.15) is 13.8 Å². The number of aromatic amines is 1. The molecule has 0 amide bonds. The van der Waals surface area contributed by atoms with E-state index in [-0.39, 0.29) is 6.04 Å². The topological polar surface area (TPSA) is 44.9 Å². The predicted molar refractivity (Wildman–Crippen MR) is 45.8 cm³/mol. The molecule has 0 aliphatic heterocycles. The minimum Gasteiger partial charge on any atom is -0.383 e. The van der Waals surface area contributed by atoms with Gasteiger partial charge in [0.25, 0.3) is 5.56 Å². The van der Waals surface area contributed by atoms with Gasteiger partial charge in [-0.05, 0) is 13.8 Å². The highest BCUT2D eigenvalue weighted by molar-refractivity contribution is 5.41. The van der Waals surface area contributed by atoms with Gasteiger partial charge in [0.05, 0.1) is 0 Å². The zero-order valence-corrected chi connectivity index (χ0v) is 7.02. The van der Waals surface area contributed by atoms with Gasteiger partial charge in [-0.2, -0.15) is 4.39 Å². The first-order chi connectivity index (χ1) is 5.58. The molecule has 1 heterocycles. The average molecular weight is 170 g/mol. The summed E-state index contributed by atoms with van der Waals surface area (Å²) in [6.07, 6.45) is 0. The summed E-state index contributed by atoms with van der Waals surface area (Å²) < 4.78 is 12.6. The molecule has 12 heavy (non-hydrogen) atoms. The maximum absolute atomic E-state index is 12.6. The van der Waals surface area contributed by atoms with Crippen molar-refractivity contribution in [3.63, 3.8) is 0 Å². The Labute approximate surface area is 69.6 Å². The van der Waals surface area contributed by atoms with Crippen LogP contribution < -0.4 is 10.9 Å². The fourth-order valence-electron chi connectivity index (χ4n) is 0.926. The van der Waals surface area contributed by atoms with Gasteiger partial charge >= 0.3 is 0 Å². The zero-order chi connectivity index (χ0) is 9.14. The highest BCUT2D eigenvalue weighted by Crippen LogP contribution is 2.05. The Morgan fingerprint density at radius 1 is 1.50 bits per heavy atom. The lowest BCUT2D eigenvalue weighted by Crippen LogP contribution is -2.14. The Morgan fingerprint density at radius 2 is 2.17 bits per heavy atom. The lowest BCUT2D eigenvalue weighted by Gasteiger charge is -2.08.